The van der Waals surface area contributed by atoms with Gasteiger partial charge in [0, 0.05) is 6.42 Å². The fourth-order valence-electron chi connectivity index (χ4n) is 0.592. The standard InChI is InChI=1S/C6H8F7O4P/c7-4(8)5(9,10)1-2-16-18(14,15)17-3-6(11,12)13/h4H,1-3H2,(H,14,15)/p-1. The highest BCUT2D eigenvalue weighted by atomic mass is 31.2. The number of hydrogen-bond donors (Lipinski definition) is 0. The Hall–Kier alpha value is -0.380. The lowest BCUT2D eigenvalue weighted by atomic mass is 10.2. The minimum atomic E-state index is -5.45. The van der Waals surface area contributed by atoms with E-state index in [1.54, 1.807) is 0 Å². The Kier molecular flexibility index (Phi) is 6.05. The van der Waals surface area contributed by atoms with E-state index < -0.39 is 46.0 Å². The Bertz CT molecular complexity index is 305. The summed E-state index contributed by atoms with van der Waals surface area (Å²) < 4.78 is 99.8. The summed E-state index contributed by atoms with van der Waals surface area (Å²) in [5, 5.41) is 0. The maximum atomic E-state index is 12.3. The summed E-state index contributed by atoms with van der Waals surface area (Å²) in [6.07, 6.45) is -10.7. The van der Waals surface area contributed by atoms with E-state index >= 15 is 0 Å². The van der Waals surface area contributed by atoms with Crippen molar-refractivity contribution in [2.24, 2.45) is 0 Å². The molecule has 0 N–H and O–H groups in total. The van der Waals surface area contributed by atoms with Crippen molar-refractivity contribution in [1.29, 1.82) is 0 Å². The van der Waals surface area contributed by atoms with Crippen LogP contribution in [0.1, 0.15) is 6.42 Å². The molecule has 0 aliphatic heterocycles. The largest absolute Gasteiger partial charge is 0.756 e. The number of phosphoric acid groups is 1. The highest BCUT2D eigenvalue weighted by Crippen LogP contribution is 2.41. The van der Waals surface area contributed by atoms with Crippen molar-refractivity contribution >= 4 is 7.82 Å². The van der Waals surface area contributed by atoms with Crippen LogP contribution in [0, 0.1) is 0 Å². The summed E-state index contributed by atoms with van der Waals surface area (Å²) in [4.78, 5) is 10.6. The van der Waals surface area contributed by atoms with Gasteiger partial charge in [-0.3, -0.25) is 4.57 Å². The van der Waals surface area contributed by atoms with Gasteiger partial charge in [0.1, 0.15) is 0 Å². The molecule has 0 aromatic rings. The van der Waals surface area contributed by atoms with Crippen LogP contribution in [0.5, 0.6) is 0 Å². The molecule has 110 valence electrons. The van der Waals surface area contributed by atoms with Crippen molar-refractivity contribution in [2.75, 3.05) is 13.2 Å². The minimum Gasteiger partial charge on any atom is -0.756 e. The van der Waals surface area contributed by atoms with Gasteiger partial charge in [-0.2, -0.15) is 13.2 Å². The Morgan fingerprint density at radius 3 is 2.00 bits per heavy atom. The molecule has 18 heavy (non-hydrogen) atoms. The quantitative estimate of drug-likeness (QED) is 0.535. The van der Waals surface area contributed by atoms with Crippen molar-refractivity contribution in [3.63, 3.8) is 0 Å². The lowest BCUT2D eigenvalue weighted by Gasteiger charge is -2.24. The van der Waals surface area contributed by atoms with Crippen LogP contribution in [0.15, 0.2) is 0 Å². The number of rotatable bonds is 7. The normalized spacial score (nSPS) is 16.9. The first-order chi connectivity index (χ1) is 7.86. The van der Waals surface area contributed by atoms with Gasteiger partial charge in [0.2, 0.25) is 0 Å². The fraction of sp³-hybridized carbons (Fsp3) is 1.00. The molecule has 12 heteroatoms. The zero-order valence-corrected chi connectivity index (χ0v) is 9.32. The van der Waals surface area contributed by atoms with Crippen LogP contribution in [0.3, 0.4) is 0 Å². The van der Waals surface area contributed by atoms with E-state index in [0.29, 0.717) is 0 Å². The molecule has 0 aromatic heterocycles. The van der Waals surface area contributed by atoms with E-state index in [2.05, 4.69) is 9.05 Å². The van der Waals surface area contributed by atoms with Crippen LogP contribution >= 0.6 is 7.82 Å². The molecular formula is C6H7F7O4P-. The van der Waals surface area contributed by atoms with Gasteiger partial charge in [-0.05, 0) is 0 Å². The summed E-state index contributed by atoms with van der Waals surface area (Å²) in [7, 11) is -5.45. The van der Waals surface area contributed by atoms with Gasteiger partial charge in [0.15, 0.2) is 6.61 Å². The lowest BCUT2D eigenvalue weighted by molar-refractivity contribution is -0.241. The molecule has 0 aromatic carbocycles. The molecule has 1 unspecified atom stereocenters. The van der Waals surface area contributed by atoms with Crippen LogP contribution in [0.2, 0.25) is 0 Å². The second kappa shape index (κ2) is 6.18. The van der Waals surface area contributed by atoms with Crippen molar-refractivity contribution in [3.8, 4) is 0 Å². The summed E-state index contributed by atoms with van der Waals surface area (Å²) in [5.74, 6) is -4.50. The van der Waals surface area contributed by atoms with E-state index in [9.17, 15) is 40.2 Å². The first-order valence-corrected chi connectivity index (χ1v) is 5.65. The van der Waals surface area contributed by atoms with Gasteiger partial charge in [0.25, 0.3) is 7.82 Å². The smallest absolute Gasteiger partial charge is 0.412 e. The predicted molar refractivity (Wildman–Crippen MR) is 41.1 cm³/mol. The van der Waals surface area contributed by atoms with Crippen LogP contribution < -0.4 is 4.89 Å². The van der Waals surface area contributed by atoms with Crippen LogP contribution in [0.25, 0.3) is 0 Å². The maximum absolute atomic E-state index is 12.3. The number of phosphoric ester groups is 1. The van der Waals surface area contributed by atoms with E-state index in [1.165, 1.54) is 0 Å². The average Bonchev–Trinajstić information content (AvgIpc) is 2.13. The van der Waals surface area contributed by atoms with Gasteiger partial charge in [-0.1, -0.05) is 0 Å². The molecule has 0 radical (unpaired) electrons. The molecule has 0 spiro atoms. The Balaban J connectivity index is 4.09. The third kappa shape index (κ3) is 7.85. The summed E-state index contributed by atoms with van der Waals surface area (Å²) >= 11 is 0. The lowest BCUT2D eigenvalue weighted by Crippen LogP contribution is -2.28. The highest BCUT2D eigenvalue weighted by Gasteiger charge is 2.40. The van der Waals surface area contributed by atoms with Gasteiger partial charge in [-0.15, -0.1) is 0 Å². The molecule has 0 heterocycles. The molecule has 0 fully saturated rings. The van der Waals surface area contributed by atoms with Crippen molar-refractivity contribution in [2.45, 2.75) is 24.9 Å². The molecular weight excluding hydrogens is 300 g/mol. The van der Waals surface area contributed by atoms with Crippen LogP contribution in [-0.2, 0) is 13.6 Å². The molecule has 0 amide bonds. The van der Waals surface area contributed by atoms with E-state index in [0.717, 1.165) is 0 Å². The average molecular weight is 307 g/mol. The fourth-order valence-corrected chi connectivity index (χ4v) is 1.29. The molecule has 0 aliphatic rings. The molecule has 0 aliphatic carbocycles. The van der Waals surface area contributed by atoms with Gasteiger partial charge >= 0.3 is 18.5 Å². The van der Waals surface area contributed by atoms with Crippen LogP contribution in [-0.4, -0.2) is 31.7 Å². The highest BCUT2D eigenvalue weighted by molar-refractivity contribution is 7.45. The van der Waals surface area contributed by atoms with Gasteiger partial charge in [-0.25, -0.2) is 17.6 Å². The zero-order chi connectivity index (χ0) is 14.6. The first-order valence-electron chi connectivity index (χ1n) is 4.18. The molecule has 0 saturated carbocycles. The third-order valence-electron chi connectivity index (χ3n) is 1.39. The summed E-state index contributed by atoms with van der Waals surface area (Å²) in [6, 6.07) is 0. The van der Waals surface area contributed by atoms with Crippen molar-refractivity contribution in [1.82, 2.24) is 0 Å². The number of hydrogen-bond acceptors (Lipinski definition) is 4. The molecule has 4 nitrogen and oxygen atoms in total. The molecule has 0 saturated heterocycles. The van der Waals surface area contributed by atoms with E-state index in [1.807, 2.05) is 0 Å². The number of halogens is 7. The number of alkyl halides is 7. The van der Waals surface area contributed by atoms with Crippen LogP contribution in [0.4, 0.5) is 30.7 Å². The Morgan fingerprint density at radius 1 is 1.11 bits per heavy atom. The zero-order valence-electron chi connectivity index (χ0n) is 8.42. The topological polar surface area (TPSA) is 58.6 Å². The van der Waals surface area contributed by atoms with Gasteiger partial charge < -0.3 is 13.9 Å². The molecule has 1 atom stereocenters. The second-order valence-electron chi connectivity index (χ2n) is 2.98. The third-order valence-corrected chi connectivity index (χ3v) is 2.33. The van der Waals surface area contributed by atoms with Gasteiger partial charge in [0.05, 0.1) is 6.61 Å². The predicted octanol–water partition coefficient (Wildman–Crippen LogP) is 2.34. The molecule has 0 rings (SSSR count). The van der Waals surface area contributed by atoms with Crippen molar-refractivity contribution in [3.05, 3.63) is 0 Å². The monoisotopic (exact) mass is 307 g/mol. The van der Waals surface area contributed by atoms with E-state index in [4.69, 9.17) is 0 Å². The summed E-state index contributed by atoms with van der Waals surface area (Å²) in [6.45, 7) is -3.62. The Morgan fingerprint density at radius 2 is 1.61 bits per heavy atom. The SMILES string of the molecule is O=P([O-])(OCCC(F)(F)C(F)F)OCC(F)(F)F. The Labute approximate surface area is 96.3 Å². The first kappa shape index (κ1) is 17.6. The maximum Gasteiger partial charge on any atom is 0.412 e. The second-order valence-corrected chi connectivity index (χ2v) is 4.39. The molecule has 0 bridgehead atoms. The van der Waals surface area contributed by atoms with Crippen molar-refractivity contribution < 1.29 is 49.2 Å². The summed E-state index contributed by atoms with van der Waals surface area (Å²) in [5.41, 5.74) is 0. The minimum absolute atomic E-state index is 1.42. The van der Waals surface area contributed by atoms with E-state index in [-0.39, 0.29) is 0 Å².